The maximum absolute atomic E-state index is 4.47. The van der Waals surface area contributed by atoms with Crippen LogP contribution in [0.5, 0.6) is 0 Å². The molecule has 0 aliphatic carbocycles. The number of hydrogen-bond donors (Lipinski definition) is 1. The quantitative estimate of drug-likeness (QED) is 0.276. The highest BCUT2D eigenvalue weighted by Crippen LogP contribution is 2.26. The van der Waals surface area contributed by atoms with E-state index in [0.717, 1.165) is 48.4 Å². The second kappa shape index (κ2) is 9.16. The molecule has 0 aliphatic heterocycles. The Labute approximate surface area is 205 Å². The van der Waals surface area contributed by atoms with Crippen molar-refractivity contribution in [3.05, 3.63) is 82.3 Å². The van der Waals surface area contributed by atoms with Gasteiger partial charge < -0.3 is 0 Å². The van der Waals surface area contributed by atoms with Crippen LogP contribution < -0.4 is 0 Å². The van der Waals surface area contributed by atoms with Crippen molar-refractivity contribution in [1.29, 1.82) is 0 Å². The third kappa shape index (κ3) is 4.39. The van der Waals surface area contributed by atoms with E-state index < -0.39 is 0 Å². The molecule has 6 rings (SSSR count). The van der Waals surface area contributed by atoms with Crippen molar-refractivity contribution in [3.8, 4) is 22.8 Å². The van der Waals surface area contributed by atoms with Crippen LogP contribution >= 0.6 is 31.9 Å². The minimum atomic E-state index is 0.708. The summed E-state index contributed by atoms with van der Waals surface area (Å²) in [4.78, 5) is 17.3. The van der Waals surface area contributed by atoms with E-state index in [1.807, 2.05) is 67.7 Å². The van der Waals surface area contributed by atoms with Crippen LogP contribution in [0.25, 0.3) is 44.8 Å². The van der Waals surface area contributed by atoms with E-state index in [1.54, 1.807) is 17.1 Å². The Kier molecular flexibility index (Phi) is 5.93. The van der Waals surface area contributed by atoms with Crippen LogP contribution in [0.2, 0.25) is 0 Å². The largest absolute Gasteiger partial charge is 0.273 e. The summed E-state index contributed by atoms with van der Waals surface area (Å²) in [5.74, 6) is 0. The second-order valence-corrected chi connectivity index (χ2v) is 8.64. The fourth-order valence-corrected chi connectivity index (χ4v) is 4.10. The highest BCUT2D eigenvalue weighted by atomic mass is 79.9. The van der Waals surface area contributed by atoms with Crippen molar-refractivity contribution in [3.63, 3.8) is 0 Å². The Morgan fingerprint density at radius 2 is 1.42 bits per heavy atom. The molecule has 6 aromatic heterocycles. The summed E-state index contributed by atoms with van der Waals surface area (Å²) in [7, 11) is 1.89. The van der Waals surface area contributed by atoms with Gasteiger partial charge in [-0.2, -0.15) is 10.2 Å². The number of fused-ring (bicyclic) bond motifs is 2. The predicted octanol–water partition coefficient (Wildman–Crippen LogP) is 5.58. The number of halogens is 2. The van der Waals surface area contributed by atoms with Crippen LogP contribution in [-0.2, 0) is 7.05 Å². The van der Waals surface area contributed by atoms with Gasteiger partial charge >= 0.3 is 0 Å². The standard InChI is InChI=1S/C12H9BrN4.C11H7BrN4/c1-17-12-8(4-3-7-14-12)11(16-17)9-5-2-6-10(13)15-9;12-9-5-1-4-8(14-9)10-7-3-2-6-13-11(7)16-15-10/h2-7H,1H3;1-6H,(H,13,15,16). The second-order valence-electron chi connectivity index (χ2n) is 7.01. The molecule has 1 N–H and O–H groups in total. The minimum Gasteiger partial charge on any atom is -0.273 e. The summed E-state index contributed by atoms with van der Waals surface area (Å²) in [6.07, 6.45) is 3.49. The van der Waals surface area contributed by atoms with Crippen molar-refractivity contribution < 1.29 is 0 Å². The summed E-state index contributed by atoms with van der Waals surface area (Å²) in [5.41, 5.74) is 5.02. The summed E-state index contributed by atoms with van der Waals surface area (Å²) < 4.78 is 3.38. The molecule has 0 bridgehead atoms. The van der Waals surface area contributed by atoms with Gasteiger partial charge in [-0.15, -0.1) is 0 Å². The van der Waals surface area contributed by atoms with Crippen LogP contribution in [0.3, 0.4) is 0 Å². The Balaban J connectivity index is 0.000000139. The SMILES string of the molecule is Brc1cccc(-c2[nH]nc3ncccc23)n1.Cn1nc(-c2cccc(Br)n2)c2cccnc21. The minimum absolute atomic E-state index is 0.708. The van der Waals surface area contributed by atoms with E-state index in [1.165, 1.54) is 0 Å². The van der Waals surface area contributed by atoms with Gasteiger partial charge in [-0.3, -0.25) is 5.10 Å². The molecular weight excluding hydrogens is 548 g/mol. The molecular formula is C23H16Br2N8. The molecule has 8 nitrogen and oxygen atoms in total. The highest BCUT2D eigenvalue weighted by molar-refractivity contribution is 9.10. The number of hydrogen-bond acceptors (Lipinski definition) is 6. The number of pyridine rings is 4. The molecule has 0 saturated carbocycles. The van der Waals surface area contributed by atoms with Gasteiger partial charge in [0.2, 0.25) is 0 Å². The first-order valence-electron chi connectivity index (χ1n) is 9.93. The number of aromatic nitrogens is 8. The molecule has 0 amide bonds. The molecule has 0 aromatic carbocycles. The van der Waals surface area contributed by atoms with Gasteiger partial charge in [0, 0.05) is 30.2 Å². The van der Waals surface area contributed by atoms with Gasteiger partial charge in [-0.05, 0) is 80.4 Å². The number of aromatic amines is 1. The van der Waals surface area contributed by atoms with Gasteiger partial charge in [0.25, 0.3) is 0 Å². The van der Waals surface area contributed by atoms with E-state index in [9.17, 15) is 0 Å². The van der Waals surface area contributed by atoms with E-state index >= 15 is 0 Å². The van der Waals surface area contributed by atoms with E-state index in [4.69, 9.17) is 0 Å². The average Bonchev–Trinajstić information content (AvgIpc) is 3.41. The summed E-state index contributed by atoms with van der Waals surface area (Å²) in [6.45, 7) is 0. The number of aryl methyl sites for hydroxylation is 1. The lowest BCUT2D eigenvalue weighted by molar-refractivity contribution is 0.788. The Hall–Kier alpha value is -3.50. The zero-order valence-corrected chi connectivity index (χ0v) is 20.5. The Bertz CT molecular complexity index is 1570. The van der Waals surface area contributed by atoms with Crippen molar-refractivity contribution in [2.75, 3.05) is 0 Å². The normalized spacial score (nSPS) is 10.9. The number of nitrogens with zero attached hydrogens (tertiary/aromatic N) is 7. The number of nitrogens with one attached hydrogen (secondary N) is 1. The molecule has 0 saturated heterocycles. The monoisotopic (exact) mass is 562 g/mol. The predicted molar refractivity (Wildman–Crippen MR) is 134 cm³/mol. The molecule has 0 unspecified atom stereocenters. The van der Waals surface area contributed by atoms with Crippen molar-refractivity contribution in [2.24, 2.45) is 7.05 Å². The fourth-order valence-electron chi connectivity index (χ4n) is 3.41. The van der Waals surface area contributed by atoms with Gasteiger partial charge in [0.1, 0.15) is 14.9 Å². The molecule has 0 spiro atoms. The third-order valence-corrected chi connectivity index (χ3v) is 5.74. The van der Waals surface area contributed by atoms with E-state index in [0.29, 0.717) is 5.65 Å². The maximum Gasteiger partial charge on any atom is 0.181 e. The van der Waals surface area contributed by atoms with Gasteiger partial charge in [0.05, 0.1) is 17.1 Å². The molecule has 0 aliphatic rings. The van der Waals surface area contributed by atoms with Crippen molar-refractivity contribution >= 4 is 53.9 Å². The molecule has 6 aromatic rings. The van der Waals surface area contributed by atoms with Crippen LogP contribution in [0.15, 0.2) is 82.3 Å². The smallest absolute Gasteiger partial charge is 0.181 e. The zero-order chi connectivity index (χ0) is 22.8. The van der Waals surface area contributed by atoms with Crippen molar-refractivity contribution in [1.82, 2.24) is 39.9 Å². The topological polar surface area (TPSA) is 98.1 Å². The molecule has 10 heteroatoms. The van der Waals surface area contributed by atoms with E-state index in [-0.39, 0.29) is 0 Å². The number of H-pyrrole nitrogens is 1. The van der Waals surface area contributed by atoms with E-state index in [2.05, 4.69) is 67.1 Å². The Morgan fingerprint density at radius 1 is 0.758 bits per heavy atom. The highest BCUT2D eigenvalue weighted by Gasteiger charge is 2.12. The van der Waals surface area contributed by atoms with Crippen LogP contribution in [0, 0.1) is 0 Å². The van der Waals surface area contributed by atoms with Crippen molar-refractivity contribution in [2.45, 2.75) is 0 Å². The van der Waals surface area contributed by atoms with Crippen LogP contribution in [0.4, 0.5) is 0 Å². The van der Waals surface area contributed by atoms with Crippen LogP contribution in [-0.4, -0.2) is 39.9 Å². The third-order valence-electron chi connectivity index (χ3n) is 4.86. The van der Waals surface area contributed by atoms with Gasteiger partial charge in [-0.1, -0.05) is 12.1 Å². The first-order chi connectivity index (χ1) is 16.1. The average molecular weight is 564 g/mol. The first-order valence-corrected chi connectivity index (χ1v) is 11.5. The number of rotatable bonds is 2. The summed E-state index contributed by atoms with van der Waals surface area (Å²) in [5, 5.41) is 13.6. The zero-order valence-electron chi connectivity index (χ0n) is 17.3. The molecule has 0 fully saturated rings. The van der Waals surface area contributed by atoms with Gasteiger partial charge in [-0.25, -0.2) is 24.6 Å². The molecule has 33 heavy (non-hydrogen) atoms. The molecule has 6 heterocycles. The van der Waals surface area contributed by atoms with Crippen LogP contribution in [0.1, 0.15) is 0 Å². The summed E-state index contributed by atoms with van der Waals surface area (Å²) in [6, 6.07) is 19.3. The first kappa shape index (κ1) is 21.4. The summed E-state index contributed by atoms with van der Waals surface area (Å²) >= 11 is 6.72. The fraction of sp³-hybridized carbons (Fsp3) is 0.0435. The molecule has 0 radical (unpaired) electrons. The molecule has 0 atom stereocenters. The molecule has 162 valence electrons. The van der Waals surface area contributed by atoms with Gasteiger partial charge in [0.15, 0.2) is 11.3 Å². The Morgan fingerprint density at radius 3 is 2.18 bits per heavy atom. The lowest BCUT2D eigenvalue weighted by atomic mass is 10.2. The maximum atomic E-state index is 4.47. The lowest BCUT2D eigenvalue weighted by Gasteiger charge is -1.97. The lowest BCUT2D eigenvalue weighted by Crippen LogP contribution is -1.91.